The Labute approximate surface area is 190 Å². The average Bonchev–Trinajstić information content (AvgIpc) is 2.78. The van der Waals surface area contributed by atoms with Crippen molar-refractivity contribution in [2.24, 2.45) is 11.8 Å². The molecule has 3 aromatic carbocycles. The Morgan fingerprint density at radius 2 is 1.67 bits per heavy atom. The lowest BCUT2D eigenvalue weighted by Crippen LogP contribution is -2.11. The second kappa shape index (κ2) is 9.39. The minimum atomic E-state index is -4.77. The summed E-state index contributed by atoms with van der Waals surface area (Å²) in [5.41, 5.74) is 0.0104. The highest BCUT2D eigenvalue weighted by Crippen LogP contribution is 2.36. The maximum absolute atomic E-state index is 14.8. The highest BCUT2D eigenvalue weighted by molar-refractivity contribution is 5.88. The zero-order valence-electron chi connectivity index (χ0n) is 18.1. The van der Waals surface area contributed by atoms with Gasteiger partial charge in [-0.3, -0.25) is 0 Å². The summed E-state index contributed by atoms with van der Waals surface area (Å²) in [6.45, 7) is 2.03. The number of hydrogen-bond acceptors (Lipinski definition) is 0. The summed E-state index contributed by atoms with van der Waals surface area (Å²) in [5.74, 6) is 5.47. The van der Waals surface area contributed by atoms with Crippen LogP contribution in [-0.2, 0) is 6.18 Å². The van der Waals surface area contributed by atoms with Crippen molar-refractivity contribution in [2.75, 3.05) is 0 Å². The van der Waals surface area contributed by atoms with Gasteiger partial charge in [0.2, 0.25) is 0 Å². The van der Waals surface area contributed by atoms with E-state index >= 15 is 0 Å². The molecule has 0 nitrogen and oxygen atoms in total. The van der Waals surface area contributed by atoms with Gasteiger partial charge in [-0.05, 0) is 73.7 Å². The van der Waals surface area contributed by atoms with Gasteiger partial charge < -0.3 is 0 Å². The number of hydrogen-bond donors (Lipinski definition) is 0. The molecule has 0 atom stereocenters. The molecule has 0 unspecified atom stereocenters. The molecule has 170 valence electrons. The molecule has 0 heterocycles. The van der Waals surface area contributed by atoms with E-state index in [0.717, 1.165) is 25.7 Å². The molecule has 1 aliphatic rings. The third-order valence-corrected chi connectivity index (χ3v) is 6.20. The predicted molar refractivity (Wildman–Crippen MR) is 121 cm³/mol. The van der Waals surface area contributed by atoms with Crippen molar-refractivity contribution in [1.29, 1.82) is 0 Å². The molecule has 5 heteroatoms. The Hall–Kier alpha value is -3.13. The monoisotopic (exact) mass is 454 g/mol. The summed E-state index contributed by atoms with van der Waals surface area (Å²) in [6, 6.07) is 10.8. The van der Waals surface area contributed by atoms with Crippen molar-refractivity contribution in [3.8, 4) is 23.0 Å². The Bertz CT molecular complexity index is 1250. The van der Waals surface area contributed by atoms with Crippen LogP contribution in [0.2, 0.25) is 0 Å². The van der Waals surface area contributed by atoms with E-state index in [1.54, 1.807) is 12.1 Å². The van der Waals surface area contributed by atoms with Gasteiger partial charge in [0.05, 0.1) is 5.56 Å². The van der Waals surface area contributed by atoms with E-state index in [4.69, 9.17) is 0 Å². The molecule has 0 aromatic heterocycles. The SMILES string of the molecule is C/C=C/C1CCC(C#Cc2ccc(-c3ccc4c(F)c(C(F)(F)F)ccc4c3)c(F)c2)CC1. The lowest BCUT2D eigenvalue weighted by Gasteiger charge is -2.22. The van der Waals surface area contributed by atoms with Crippen LogP contribution in [0.25, 0.3) is 21.9 Å². The van der Waals surface area contributed by atoms with Gasteiger partial charge in [0.15, 0.2) is 0 Å². The van der Waals surface area contributed by atoms with Crippen LogP contribution in [0, 0.1) is 35.3 Å². The first-order valence-corrected chi connectivity index (χ1v) is 11.0. The quantitative estimate of drug-likeness (QED) is 0.207. The third kappa shape index (κ3) is 5.11. The second-order valence-electron chi connectivity index (χ2n) is 8.46. The Kier molecular flexibility index (Phi) is 6.56. The normalized spacial score (nSPS) is 19.0. The van der Waals surface area contributed by atoms with E-state index in [1.807, 2.05) is 6.92 Å². The summed E-state index contributed by atoms with van der Waals surface area (Å²) < 4.78 is 68.0. The van der Waals surface area contributed by atoms with E-state index in [9.17, 15) is 22.0 Å². The molecule has 0 spiro atoms. The van der Waals surface area contributed by atoms with Crippen LogP contribution >= 0.6 is 0 Å². The summed E-state index contributed by atoms with van der Waals surface area (Å²) in [5, 5.41) is 0.121. The Morgan fingerprint density at radius 3 is 2.33 bits per heavy atom. The van der Waals surface area contributed by atoms with E-state index in [-0.39, 0.29) is 16.3 Å². The molecule has 1 fully saturated rings. The molecule has 0 N–H and O–H groups in total. The molecule has 1 saturated carbocycles. The second-order valence-corrected chi connectivity index (χ2v) is 8.46. The van der Waals surface area contributed by atoms with Gasteiger partial charge in [-0.1, -0.05) is 48.3 Å². The first-order valence-electron chi connectivity index (χ1n) is 11.0. The highest BCUT2D eigenvalue weighted by atomic mass is 19.4. The van der Waals surface area contributed by atoms with Crippen LogP contribution in [0.4, 0.5) is 22.0 Å². The van der Waals surface area contributed by atoms with Crippen molar-refractivity contribution in [3.63, 3.8) is 0 Å². The lowest BCUT2D eigenvalue weighted by molar-refractivity contribution is -0.139. The van der Waals surface area contributed by atoms with Gasteiger partial charge in [-0.2, -0.15) is 13.2 Å². The smallest absolute Gasteiger partial charge is 0.206 e. The van der Waals surface area contributed by atoms with E-state index in [2.05, 4.69) is 24.0 Å². The number of halogens is 5. The fourth-order valence-electron chi connectivity index (χ4n) is 4.42. The molecule has 0 bridgehead atoms. The minimum absolute atomic E-state index is 0.152. The van der Waals surface area contributed by atoms with Gasteiger partial charge in [0, 0.05) is 22.4 Å². The van der Waals surface area contributed by atoms with E-state index in [0.29, 0.717) is 29.0 Å². The van der Waals surface area contributed by atoms with Gasteiger partial charge in [0.25, 0.3) is 0 Å². The average molecular weight is 454 g/mol. The molecule has 0 radical (unpaired) electrons. The fraction of sp³-hybridized carbons (Fsp3) is 0.286. The van der Waals surface area contributed by atoms with Crippen LogP contribution in [-0.4, -0.2) is 0 Å². The van der Waals surface area contributed by atoms with Crippen molar-refractivity contribution in [1.82, 2.24) is 0 Å². The molecule has 0 aliphatic heterocycles. The maximum atomic E-state index is 14.8. The van der Waals surface area contributed by atoms with Crippen LogP contribution in [0.5, 0.6) is 0 Å². The van der Waals surface area contributed by atoms with E-state index in [1.165, 1.54) is 30.3 Å². The standard InChI is InChI=1S/C28H23F5/c1-2-3-18-4-6-19(7-5-18)8-9-20-10-13-23(26(29)16-20)21-11-14-24-22(17-21)12-15-25(27(24)30)28(31,32)33/h2-3,10-19H,4-7H2,1H3/b3-2+. The number of benzene rings is 3. The topological polar surface area (TPSA) is 0 Å². The molecule has 0 amide bonds. The molecule has 1 aliphatic carbocycles. The Morgan fingerprint density at radius 1 is 0.909 bits per heavy atom. The van der Waals surface area contributed by atoms with Crippen molar-refractivity contribution >= 4 is 10.8 Å². The zero-order chi connectivity index (χ0) is 23.6. The fourth-order valence-corrected chi connectivity index (χ4v) is 4.42. The molecular formula is C28H23F5. The molecular weight excluding hydrogens is 431 g/mol. The maximum Gasteiger partial charge on any atom is 0.419 e. The van der Waals surface area contributed by atoms with Crippen molar-refractivity contribution < 1.29 is 22.0 Å². The van der Waals surface area contributed by atoms with Crippen molar-refractivity contribution in [2.45, 2.75) is 38.8 Å². The van der Waals surface area contributed by atoms with Gasteiger partial charge in [-0.25, -0.2) is 8.78 Å². The van der Waals surface area contributed by atoms with Crippen LogP contribution in [0.1, 0.15) is 43.7 Å². The number of fused-ring (bicyclic) bond motifs is 1. The Balaban J connectivity index is 1.55. The highest BCUT2D eigenvalue weighted by Gasteiger charge is 2.34. The summed E-state index contributed by atoms with van der Waals surface area (Å²) in [7, 11) is 0. The van der Waals surface area contributed by atoms with Gasteiger partial charge in [-0.15, -0.1) is 0 Å². The zero-order valence-corrected chi connectivity index (χ0v) is 18.1. The van der Waals surface area contributed by atoms with Crippen molar-refractivity contribution in [3.05, 3.63) is 83.4 Å². The lowest BCUT2D eigenvalue weighted by atomic mass is 9.82. The van der Waals surface area contributed by atoms with Crippen LogP contribution < -0.4 is 0 Å². The molecule has 33 heavy (non-hydrogen) atoms. The number of rotatable bonds is 2. The van der Waals surface area contributed by atoms with Gasteiger partial charge >= 0.3 is 6.18 Å². The summed E-state index contributed by atoms with van der Waals surface area (Å²) in [6.07, 6.45) is 3.86. The first-order chi connectivity index (χ1) is 15.8. The first kappa shape index (κ1) is 23.0. The van der Waals surface area contributed by atoms with E-state index < -0.39 is 23.4 Å². The van der Waals surface area contributed by atoms with Gasteiger partial charge in [0.1, 0.15) is 11.6 Å². The summed E-state index contributed by atoms with van der Waals surface area (Å²) in [4.78, 5) is 0. The number of allylic oxidation sites excluding steroid dienone is 2. The third-order valence-electron chi connectivity index (χ3n) is 6.20. The minimum Gasteiger partial charge on any atom is -0.206 e. The number of alkyl halides is 3. The molecule has 0 saturated heterocycles. The van der Waals surface area contributed by atoms with Crippen LogP contribution in [0.15, 0.2) is 60.7 Å². The van der Waals surface area contributed by atoms with Crippen LogP contribution in [0.3, 0.4) is 0 Å². The molecule has 3 aromatic rings. The summed E-state index contributed by atoms with van der Waals surface area (Å²) >= 11 is 0. The largest absolute Gasteiger partial charge is 0.419 e. The predicted octanol–water partition coefficient (Wildman–Crippen LogP) is 8.54. The molecule has 4 rings (SSSR count).